The minimum Gasteiger partial charge on any atom is -0.497 e. The third-order valence-corrected chi connectivity index (χ3v) is 7.64. The molecule has 7 nitrogen and oxygen atoms in total. The van der Waals surface area contributed by atoms with Gasteiger partial charge in [0.05, 0.1) is 17.7 Å². The average Bonchev–Trinajstić information content (AvgIpc) is 2.89. The van der Waals surface area contributed by atoms with Gasteiger partial charge in [0, 0.05) is 24.5 Å². The predicted octanol–water partition coefficient (Wildman–Crippen LogP) is 4.52. The highest BCUT2D eigenvalue weighted by Crippen LogP contribution is 2.26. The van der Waals surface area contributed by atoms with E-state index < -0.39 is 15.9 Å². The van der Waals surface area contributed by atoms with Crippen LogP contribution in [0.2, 0.25) is 0 Å². The summed E-state index contributed by atoms with van der Waals surface area (Å²) in [7, 11) is -2.42. The molecule has 1 amide bonds. The van der Waals surface area contributed by atoms with E-state index in [9.17, 15) is 13.2 Å². The van der Waals surface area contributed by atoms with Crippen molar-refractivity contribution < 1.29 is 17.9 Å². The Morgan fingerprint density at radius 3 is 2.18 bits per heavy atom. The third-order valence-electron chi connectivity index (χ3n) is 5.85. The van der Waals surface area contributed by atoms with Gasteiger partial charge >= 0.3 is 0 Å². The van der Waals surface area contributed by atoms with E-state index in [2.05, 4.69) is 10.2 Å². The summed E-state index contributed by atoms with van der Waals surface area (Å²) in [5.74, 6) is 0.167. The number of nitrogens with one attached hydrogen (secondary N) is 1. The number of hydrogen-bond acceptors (Lipinski definition) is 5. The van der Waals surface area contributed by atoms with Crippen molar-refractivity contribution in [1.82, 2.24) is 0 Å². The first-order valence-corrected chi connectivity index (χ1v) is 12.8. The van der Waals surface area contributed by atoms with Crippen LogP contribution in [0.25, 0.3) is 0 Å². The molecule has 0 aromatic heterocycles. The molecule has 0 spiro atoms. The molecule has 0 aliphatic carbocycles. The second kappa shape index (κ2) is 10.6. The quantitative estimate of drug-likeness (QED) is 0.514. The Morgan fingerprint density at radius 1 is 0.912 bits per heavy atom. The zero-order valence-electron chi connectivity index (χ0n) is 19.2. The Kier molecular flexibility index (Phi) is 7.37. The molecule has 1 N–H and O–H groups in total. The standard InChI is InChI=1S/C26H29N3O4S/c1-33-24-16-14-23(15-17-24)29(34(31,32)25-8-4-2-5-9-25)20-26(30)27-21-10-12-22(13-11-21)28-18-6-3-7-19-28/h2,4-5,8-17H,3,6-7,18-20H2,1H3,(H,27,30). The van der Waals surface area contributed by atoms with Crippen LogP contribution in [0.1, 0.15) is 19.3 Å². The summed E-state index contributed by atoms with van der Waals surface area (Å²) in [5, 5.41) is 2.83. The molecule has 3 aromatic rings. The van der Waals surface area contributed by atoms with Crippen LogP contribution in [0.4, 0.5) is 17.1 Å². The van der Waals surface area contributed by atoms with Gasteiger partial charge in [-0.3, -0.25) is 9.10 Å². The normalized spacial score (nSPS) is 13.9. The van der Waals surface area contributed by atoms with Crippen molar-refractivity contribution in [3.05, 3.63) is 78.9 Å². The molecule has 0 bridgehead atoms. The van der Waals surface area contributed by atoms with Gasteiger partial charge in [-0.2, -0.15) is 0 Å². The van der Waals surface area contributed by atoms with Crippen molar-refractivity contribution in [3.8, 4) is 5.75 Å². The fraction of sp³-hybridized carbons (Fsp3) is 0.269. The maximum absolute atomic E-state index is 13.4. The minimum absolute atomic E-state index is 0.115. The Labute approximate surface area is 201 Å². The topological polar surface area (TPSA) is 79.0 Å². The van der Waals surface area contributed by atoms with Gasteiger partial charge in [0.15, 0.2) is 0 Å². The number of hydrogen-bond donors (Lipinski definition) is 1. The first-order chi connectivity index (χ1) is 16.5. The Bertz CT molecular complexity index is 1190. The molecule has 178 valence electrons. The molecule has 1 heterocycles. The third kappa shape index (κ3) is 5.51. The number of rotatable bonds is 8. The molecule has 1 fully saturated rings. The zero-order chi connectivity index (χ0) is 24.0. The molecule has 1 aliphatic rings. The van der Waals surface area contributed by atoms with E-state index in [1.165, 1.54) is 38.5 Å². The van der Waals surface area contributed by atoms with Crippen LogP contribution in [0.15, 0.2) is 83.8 Å². The fourth-order valence-corrected chi connectivity index (χ4v) is 5.46. The molecule has 0 unspecified atom stereocenters. The van der Waals surface area contributed by atoms with Gasteiger partial charge in [-0.25, -0.2) is 8.42 Å². The van der Waals surface area contributed by atoms with Crippen molar-refractivity contribution in [2.45, 2.75) is 24.2 Å². The second-order valence-corrected chi connectivity index (χ2v) is 10.0. The van der Waals surface area contributed by atoms with E-state index in [0.29, 0.717) is 17.1 Å². The van der Waals surface area contributed by atoms with Crippen LogP contribution in [0.3, 0.4) is 0 Å². The highest BCUT2D eigenvalue weighted by atomic mass is 32.2. The lowest BCUT2D eigenvalue weighted by Crippen LogP contribution is -2.38. The number of carbonyl (C=O) groups is 1. The predicted molar refractivity (Wildman–Crippen MR) is 135 cm³/mol. The molecule has 8 heteroatoms. The van der Waals surface area contributed by atoms with Crippen LogP contribution in [-0.4, -0.2) is 41.1 Å². The second-order valence-electron chi connectivity index (χ2n) is 8.17. The largest absolute Gasteiger partial charge is 0.497 e. The number of anilines is 3. The molecule has 1 aliphatic heterocycles. The van der Waals surface area contributed by atoms with Crippen molar-refractivity contribution in [3.63, 3.8) is 0 Å². The maximum Gasteiger partial charge on any atom is 0.264 e. The van der Waals surface area contributed by atoms with Crippen LogP contribution < -0.4 is 19.3 Å². The number of ether oxygens (including phenoxy) is 1. The van der Waals surface area contributed by atoms with Crippen molar-refractivity contribution in [1.29, 1.82) is 0 Å². The van der Waals surface area contributed by atoms with E-state index in [1.807, 2.05) is 24.3 Å². The minimum atomic E-state index is -3.96. The molecule has 0 saturated carbocycles. The summed E-state index contributed by atoms with van der Waals surface area (Å²) in [4.78, 5) is 15.4. The summed E-state index contributed by atoms with van der Waals surface area (Å²) >= 11 is 0. The number of carbonyl (C=O) groups excluding carboxylic acids is 1. The molecule has 4 rings (SSSR count). The Balaban J connectivity index is 1.53. The van der Waals surface area contributed by atoms with E-state index >= 15 is 0 Å². The Hall–Kier alpha value is -3.52. The molecule has 1 saturated heterocycles. The maximum atomic E-state index is 13.4. The number of piperidine rings is 1. The molecule has 0 atom stereocenters. The van der Waals surface area contributed by atoms with E-state index in [1.54, 1.807) is 42.5 Å². The summed E-state index contributed by atoms with van der Waals surface area (Å²) in [5.41, 5.74) is 2.13. The number of methoxy groups -OCH3 is 1. The SMILES string of the molecule is COc1ccc(N(CC(=O)Nc2ccc(N3CCCCC3)cc2)S(=O)(=O)c2ccccc2)cc1. The monoisotopic (exact) mass is 479 g/mol. The van der Waals surface area contributed by atoms with Gasteiger partial charge in [0.1, 0.15) is 12.3 Å². The smallest absolute Gasteiger partial charge is 0.264 e. The van der Waals surface area contributed by atoms with Crippen LogP contribution in [-0.2, 0) is 14.8 Å². The zero-order valence-corrected chi connectivity index (χ0v) is 20.0. The summed E-state index contributed by atoms with van der Waals surface area (Å²) in [6, 6.07) is 22.4. The molecule has 34 heavy (non-hydrogen) atoms. The highest BCUT2D eigenvalue weighted by molar-refractivity contribution is 7.92. The highest BCUT2D eigenvalue weighted by Gasteiger charge is 2.27. The lowest BCUT2D eigenvalue weighted by Gasteiger charge is -2.29. The lowest BCUT2D eigenvalue weighted by atomic mass is 10.1. The van der Waals surface area contributed by atoms with Crippen LogP contribution in [0, 0.1) is 0 Å². The summed E-state index contributed by atoms with van der Waals surface area (Å²) in [6.45, 7) is 1.72. The molecular weight excluding hydrogens is 450 g/mol. The van der Waals surface area contributed by atoms with Crippen molar-refractivity contribution in [2.24, 2.45) is 0 Å². The lowest BCUT2D eigenvalue weighted by molar-refractivity contribution is -0.114. The molecular formula is C26H29N3O4S. The van der Waals surface area contributed by atoms with Crippen LogP contribution in [0.5, 0.6) is 5.75 Å². The summed E-state index contributed by atoms with van der Waals surface area (Å²) in [6.07, 6.45) is 3.65. The Morgan fingerprint density at radius 2 is 1.56 bits per heavy atom. The van der Waals surface area contributed by atoms with E-state index in [-0.39, 0.29) is 11.4 Å². The number of amides is 1. The van der Waals surface area contributed by atoms with Crippen LogP contribution >= 0.6 is 0 Å². The summed E-state index contributed by atoms with van der Waals surface area (Å²) < 4.78 is 33.1. The molecule has 0 radical (unpaired) electrons. The van der Waals surface area contributed by atoms with Gasteiger partial charge in [0.2, 0.25) is 5.91 Å². The van der Waals surface area contributed by atoms with Crippen molar-refractivity contribution in [2.75, 3.05) is 41.3 Å². The van der Waals surface area contributed by atoms with E-state index in [4.69, 9.17) is 4.74 Å². The van der Waals surface area contributed by atoms with Crippen molar-refractivity contribution >= 4 is 33.0 Å². The van der Waals surface area contributed by atoms with Gasteiger partial charge in [-0.05, 0) is 79.9 Å². The number of benzene rings is 3. The first-order valence-electron chi connectivity index (χ1n) is 11.3. The van der Waals surface area contributed by atoms with Gasteiger partial charge in [-0.15, -0.1) is 0 Å². The van der Waals surface area contributed by atoms with E-state index in [0.717, 1.165) is 23.1 Å². The van der Waals surface area contributed by atoms with Gasteiger partial charge < -0.3 is 15.0 Å². The fourth-order valence-electron chi connectivity index (χ4n) is 4.02. The number of sulfonamides is 1. The first kappa shape index (κ1) is 23.6. The average molecular weight is 480 g/mol. The molecule has 3 aromatic carbocycles. The number of nitrogens with zero attached hydrogens (tertiary/aromatic N) is 2. The van der Waals surface area contributed by atoms with Gasteiger partial charge in [-0.1, -0.05) is 18.2 Å². The van der Waals surface area contributed by atoms with Gasteiger partial charge in [0.25, 0.3) is 10.0 Å².